The van der Waals surface area contributed by atoms with Crippen LogP contribution in [0.15, 0.2) is 54.6 Å². The van der Waals surface area contributed by atoms with E-state index in [0.717, 1.165) is 42.6 Å². The van der Waals surface area contributed by atoms with Gasteiger partial charge in [0.2, 0.25) is 0 Å². The molecule has 4 heteroatoms. The van der Waals surface area contributed by atoms with Crippen LogP contribution in [0.2, 0.25) is 0 Å². The minimum absolute atomic E-state index is 0.103. The first-order chi connectivity index (χ1) is 17.4. The summed E-state index contributed by atoms with van der Waals surface area (Å²) >= 11 is 0. The van der Waals surface area contributed by atoms with Crippen LogP contribution < -0.4 is 4.74 Å². The van der Waals surface area contributed by atoms with Crippen molar-refractivity contribution < 1.29 is 18.8 Å². The number of ether oxygens (including phenoxy) is 2. The Bertz CT molecular complexity index is 849. The van der Waals surface area contributed by atoms with Crippen molar-refractivity contribution in [2.45, 2.75) is 84.6 Å². The van der Waals surface area contributed by atoms with Crippen LogP contribution in [0.1, 0.15) is 82.8 Å². The molecule has 0 saturated heterocycles. The van der Waals surface area contributed by atoms with Crippen LogP contribution in [0.3, 0.4) is 0 Å². The molecule has 2 aromatic rings. The summed E-state index contributed by atoms with van der Waals surface area (Å²) in [6, 6.07) is 18.9. The fourth-order valence-corrected chi connectivity index (χ4v) is 4.74. The van der Waals surface area contributed by atoms with Crippen LogP contribution in [0.25, 0.3) is 0 Å². The first-order valence-corrected chi connectivity index (χ1v) is 14.1. The van der Waals surface area contributed by atoms with Gasteiger partial charge in [-0.2, -0.15) is 0 Å². The second-order valence-electron chi connectivity index (χ2n) is 10.9. The van der Waals surface area contributed by atoms with E-state index >= 15 is 0 Å². The lowest BCUT2D eigenvalue weighted by Gasteiger charge is -2.31. The first kappa shape index (κ1) is 29.9. The van der Waals surface area contributed by atoms with E-state index in [1.807, 2.05) is 19.1 Å². The van der Waals surface area contributed by atoms with Crippen molar-refractivity contribution in [2.75, 3.05) is 33.9 Å². The minimum Gasteiger partial charge on any atom is -0.494 e. The highest BCUT2D eigenvalue weighted by Crippen LogP contribution is 2.17. The van der Waals surface area contributed by atoms with Crippen LogP contribution >= 0.6 is 0 Å². The molecule has 0 radical (unpaired) electrons. The van der Waals surface area contributed by atoms with E-state index in [0.29, 0.717) is 13.2 Å². The topological polar surface area (TPSA) is 35.5 Å². The molecule has 0 saturated carbocycles. The summed E-state index contributed by atoms with van der Waals surface area (Å²) in [6.07, 6.45) is 12.2. The Balaban J connectivity index is 1.56. The van der Waals surface area contributed by atoms with Gasteiger partial charge in [-0.3, -0.25) is 4.79 Å². The Morgan fingerprint density at radius 2 is 1.47 bits per heavy atom. The van der Waals surface area contributed by atoms with E-state index in [4.69, 9.17) is 9.47 Å². The van der Waals surface area contributed by atoms with E-state index in [9.17, 15) is 4.79 Å². The number of aryl methyl sites for hydroxylation is 1. The number of benzene rings is 2. The molecule has 0 spiro atoms. The first-order valence-electron chi connectivity index (χ1n) is 14.1. The Morgan fingerprint density at radius 3 is 2.22 bits per heavy atom. The highest BCUT2D eigenvalue weighted by molar-refractivity contribution is 5.72. The van der Waals surface area contributed by atoms with Crippen molar-refractivity contribution in [1.29, 1.82) is 0 Å². The van der Waals surface area contributed by atoms with Gasteiger partial charge in [0.1, 0.15) is 18.2 Å². The zero-order valence-electron chi connectivity index (χ0n) is 23.3. The second-order valence-corrected chi connectivity index (χ2v) is 10.9. The van der Waals surface area contributed by atoms with Crippen LogP contribution in [0.5, 0.6) is 5.75 Å². The molecule has 1 atom stereocenters. The van der Waals surface area contributed by atoms with Crippen LogP contribution in [-0.2, 0) is 22.5 Å². The summed E-state index contributed by atoms with van der Waals surface area (Å²) < 4.78 is 12.3. The molecular weight excluding hydrogens is 446 g/mol. The van der Waals surface area contributed by atoms with Crippen LogP contribution in [-0.4, -0.2) is 44.3 Å². The van der Waals surface area contributed by atoms with Gasteiger partial charge in [-0.25, -0.2) is 0 Å². The molecule has 0 amide bonds. The monoisotopic (exact) mass is 496 g/mol. The average molecular weight is 497 g/mol. The fraction of sp³-hybridized carbons (Fsp3) is 0.594. The molecule has 0 aliphatic heterocycles. The summed E-state index contributed by atoms with van der Waals surface area (Å²) in [4.78, 5) is 12.5. The lowest BCUT2D eigenvalue weighted by Crippen LogP contribution is -2.44. The third-order valence-corrected chi connectivity index (χ3v) is 6.64. The molecule has 0 heterocycles. The summed E-state index contributed by atoms with van der Waals surface area (Å²) in [5.74, 6) is 0.715. The largest absolute Gasteiger partial charge is 0.494 e. The predicted molar refractivity (Wildman–Crippen MR) is 150 cm³/mol. The van der Waals surface area contributed by atoms with Crippen molar-refractivity contribution in [3.63, 3.8) is 0 Å². The average Bonchev–Trinajstić information content (AvgIpc) is 2.85. The smallest absolute Gasteiger partial charge is 0.314 e. The van der Waals surface area contributed by atoms with Crippen molar-refractivity contribution >= 4 is 5.97 Å². The Labute approximate surface area is 220 Å². The SMILES string of the molecule is CCCCCCCCCc1cccc(OCCCCOC(=O)C(C)C[N+](C)(C)Cc2ccccc2)c1. The van der Waals surface area contributed by atoms with E-state index < -0.39 is 0 Å². The maximum absolute atomic E-state index is 12.5. The van der Waals surface area contributed by atoms with Gasteiger partial charge < -0.3 is 14.0 Å². The Morgan fingerprint density at radius 1 is 0.806 bits per heavy atom. The number of rotatable bonds is 19. The zero-order chi connectivity index (χ0) is 26.1. The molecule has 0 aliphatic carbocycles. The number of quaternary nitrogens is 1. The fourth-order valence-electron chi connectivity index (χ4n) is 4.74. The highest BCUT2D eigenvalue weighted by atomic mass is 16.5. The van der Waals surface area contributed by atoms with E-state index in [2.05, 4.69) is 63.5 Å². The molecule has 36 heavy (non-hydrogen) atoms. The summed E-state index contributed by atoms with van der Waals surface area (Å²) in [6.45, 7) is 6.99. The number of nitrogens with zero attached hydrogens (tertiary/aromatic N) is 1. The number of carbonyl (C=O) groups is 1. The quantitative estimate of drug-likeness (QED) is 0.114. The van der Waals surface area contributed by atoms with Gasteiger partial charge in [0.15, 0.2) is 0 Å². The molecule has 2 rings (SSSR count). The van der Waals surface area contributed by atoms with Crippen LogP contribution in [0.4, 0.5) is 0 Å². The lowest BCUT2D eigenvalue weighted by molar-refractivity contribution is -0.905. The molecule has 0 N–H and O–H groups in total. The van der Waals surface area contributed by atoms with Gasteiger partial charge >= 0.3 is 5.97 Å². The molecule has 0 bridgehead atoms. The molecular formula is C32H50NO3+. The molecule has 2 aromatic carbocycles. The minimum atomic E-state index is -0.126. The number of hydrogen-bond acceptors (Lipinski definition) is 3. The molecule has 4 nitrogen and oxygen atoms in total. The molecule has 0 aromatic heterocycles. The van der Waals surface area contributed by atoms with Crippen molar-refractivity contribution in [1.82, 2.24) is 0 Å². The third-order valence-electron chi connectivity index (χ3n) is 6.64. The number of hydrogen-bond donors (Lipinski definition) is 0. The second kappa shape index (κ2) is 17.2. The van der Waals surface area contributed by atoms with Gasteiger partial charge in [-0.15, -0.1) is 0 Å². The van der Waals surface area contributed by atoms with Gasteiger partial charge in [0, 0.05) is 5.56 Å². The maximum atomic E-state index is 12.5. The summed E-state index contributed by atoms with van der Waals surface area (Å²) in [7, 11) is 4.33. The van der Waals surface area contributed by atoms with Gasteiger partial charge in [0.25, 0.3) is 0 Å². The zero-order valence-corrected chi connectivity index (χ0v) is 23.3. The van der Waals surface area contributed by atoms with E-state index in [1.165, 1.54) is 56.1 Å². The lowest BCUT2D eigenvalue weighted by atomic mass is 10.0. The summed E-state index contributed by atoms with van der Waals surface area (Å²) in [5.41, 5.74) is 2.64. The highest BCUT2D eigenvalue weighted by Gasteiger charge is 2.25. The van der Waals surface area contributed by atoms with Crippen molar-refractivity contribution in [3.05, 3.63) is 65.7 Å². The standard InChI is InChI=1S/C32H50NO3/c1-5-6-7-8-9-10-12-18-29-21-17-22-31(25-29)35-23-15-16-24-36-32(34)28(2)26-33(3,4)27-30-19-13-11-14-20-30/h11,13-14,17,19-22,25,28H,5-10,12,15-16,18,23-24,26-27H2,1-4H3/q+1. The Hall–Kier alpha value is -2.33. The molecule has 0 fully saturated rings. The summed E-state index contributed by atoms with van der Waals surface area (Å²) in [5, 5.41) is 0. The molecule has 200 valence electrons. The van der Waals surface area contributed by atoms with Gasteiger partial charge in [-0.1, -0.05) is 87.9 Å². The van der Waals surface area contributed by atoms with E-state index in [1.54, 1.807) is 0 Å². The number of unbranched alkanes of at least 4 members (excludes halogenated alkanes) is 7. The van der Waals surface area contributed by atoms with Crippen molar-refractivity contribution in [3.8, 4) is 5.75 Å². The van der Waals surface area contributed by atoms with Gasteiger partial charge in [0.05, 0.1) is 33.9 Å². The van der Waals surface area contributed by atoms with Gasteiger partial charge in [-0.05, 0) is 50.3 Å². The third kappa shape index (κ3) is 13.1. The molecule has 1 unspecified atom stereocenters. The predicted octanol–water partition coefficient (Wildman–Crippen LogP) is 7.59. The normalized spacial score (nSPS) is 12.3. The Kier molecular flexibility index (Phi) is 14.3. The van der Waals surface area contributed by atoms with Crippen LogP contribution in [0, 0.1) is 5.92 Å². The van der Waals surface area contributed by atoms with Crippen molar-refractivity contribution in [2.24, 2.45) is 5.92 Å². The molecule has 0 aliphatic rings. The number of carbonyl (C=O) groups excluding carboxylic acids is 1. The maximum Gasteiger partial charge on any atom is 0.314 e. The number of esters is 1. The van der Waals surface area contributed by atoms with E-state index in [-0.39, 0.29) is 11.9 Å².